The van der Waals surface area contributed by atoms with Crippen LogP contribution in [0, 0.1) is 0 Å². The van der Waals surface area contributed by atoms with Crippen molar-refractivity contribution in [1.82, 2.24) is 15.0 Å². The number of nitrogens with zero attached hydrogens (tertiary/aromatic N) is 2. The first-order chi connectivity index (χ1) is 9.24. The number of rotatable bonds is 3. The SMILES string of the molecule is CCc1nc(Cl)cc(Sc2cc3ccccc3[nH]2)n1. The zero-order valence-electron chi connectivity index (χ0n) is 10.4. The summed E-state index contributed by atoms with van der Waals surface area (Å²) in [5, 5.41) is 3.60. The molecule has 0 radical (unpaired) electrons. The number of hydrogen-bond acceptors (Lipinski definition) is 3. The molecule has 1 aromatic carbocycles. The number of benzene rings is 1. The molecule has 5 heteroatoms. The van der Waals surface area contributed by atoms with Crippen molar-refractivity contribution in [3.05, 3.63) is 47.4 Å². The largest absolute Gasteiger partial charge is 0.349 e. The van der Waals surface area contributed by atoms with Gasteiger partial charge in [-0.3, -0.25) is 0 Å². The van der Waals surface area contributed by atoms with E-state index in [9.17, 15) is 0 Å². The lowest BCUT2D eigenvalue weighted by Crippen LogP contribution is -1.94. The molecule has 0 amide bonds. The van der Waals surface area contributed by atoms with Crippen LogP contribution in [0.1, 0.15) is 12.7 Å². The maximum absolute atomic E-state index is 6.00. The second-order valence-electron chi connectivity index (χ2n) is 4.12. The first kappa shape index (κ1) is 12.5. The highest BCUT2D eigenvalue weighted by atomic mass is 35.5. The van der Waals surface area contributed by atoms with Gasteiger partial charge < -0.3 is 4.98 Å². The maximum atomic E-state index is 6.00. The quantitative estimate of drug-likeness (QED) is 0.730. The van der Waals surface area contributed by atoms with Crippen LogP contribution in [0.25, 0.3) is 10.9 Å². The molecule has 96 valence electrons. The van der Waals surface area contributed by atoms with Crippen molar-refractivity contribution < 1.29 is 0 Å². The molecule has 0 saturated carbocycles. The number of fused-ring (bicyclic) bond motifs is 1. The van der Waals surface area contributed by atoms with Crippen LogP contribution in [-0.4, -0.2) is 15.0 Å². The van der Waals surface area contributed by atoms with E-state index in [4.69, 9.17) is 11.6 Å². The molecule has 19 heavy (non-hydrogen) atoms. The fourth-order valence-corrected chi connectivity index (χ4v) is 3.03. The Kier molecular flexibility index (Phi) is 3.44. The molecule has 0 aliphatic rings. The molecular weight excluding hydrogens is 278 g/mol. The van der Waals surface area contributed by atoms with Crippen LogP contribution in [0.2, 0.25) is 5.15 Å². The fraction of sp³-hybridized carbons (Fsp3) is 0.143. The van der Waals surface area contributed by atoms with Gasteiger partial charge in [0.25, 0.3) is 0 Å². The smallest absolute Gasteiger partial charge is 0.133 e. The lowest BCUT2D eigenvalue weighted by atomic mass is 10.3. The van der Waals surface area contributed by atoms with Crippen molar-refractivity contribution in [2.24, 2.45) is 0 Å². The Morgan fingerprint density at radius 2 is 2.05 bits per heavy atom. The van der Waals surface area contributed by atoms with Crippen molar-refractivity contribution in [2.45, 2.75) is 23.4 Å². The summed E-state index contributed by atoms with van der Waals surface area (Å²) >= 11 is 7.56. The molecule has 0 bridgehead atoms. The number of aryl methyl sites for hydroxylation is 1. The van der Waals surface area contributed by atoms with Gasteiger partial charge in [-0.1, -0.05) is 48.5 Å². The first-order valence-corrected chi connectivity index (χ1v) is 7.23. The van der Waals surface area contributed by atoms with Gasteiger partial charge in [0.1, 0.15) is 16.0 Å². The average Bonchev–Trinajstić information content (AvgIpc) is 2.80. The topological polar surface area (TPSA) is 41.6 Å². The van der Waals surface area contributed by atoms with E-state index in [0.717, 1.165) is 27.8 Å². The summed E-state index contributed by atoms with van der Waals surface area (Å²) in [6.07, 6.45) is 0.779. The summed E-state index contributed by atoms with van der Waals surface area (Å²) in [5.41, 5.74) is 1.13. The van der Waals surface area contributed by atoms with Crippen molar-refractivity contribution in [2.75, 3.05) is 0 Å². The van der Waals surface area contributed by atoms with E-state index in [0.29, 0.717) is 5.15 Å². The van der Waals surface area contributed by atoms with Gasteiger partial charge in [-0.15, -0.1) is 0 Å². The van der Waals surface area contributed by atoms with Crippen LogP contribution in [-0.2, 0) is 6.42 Å². The molecule has 0 unspecified atom stereocenters. The summed E-state index contributed by atoms with van der Waals surface area (Å²) < 4.78 is 0. The van der Waals surface area contributed by atoms with Gasteiger partial charge in [-0.05, 0) is 12.1 Å². The van der Waals surface area contributed by atoms with Crippen LogP contribution >= 0.6 is 23.4 Å². The Labute approximate surface area is 120 Å². The minimum atomic E-state index is 0.491. The van der Waals surface area contributed by atoms with Gasteiger partial charge in [0.15, 0.2) is 0 Å². The number of aromatic nitrogens is 3. The van der Waals surface area contributed by atoms with Crippen LogP contribution in [0.3, 0.4) is 0 Å². The Bertz CT molecular complexity index is 691. The van der Waals surface area contributed by atoms with Crippen molar-refractivity contribution >= 4 is 34.3 Å². The minimum Gasteiger partial charge on any atom is -0.349 e. The number of halogens is 1. The Morgan fingerprint density at radius 1 is 1.21 bits per heavy atom. The van der Waals surface area contributed by atoms with Crippen molar-refractivity contribution in [1.29, 1.82) is 0 Å². The third-order valence-electron chi connectivity index (χ3n) is 2.75. The van der Waals surface area contributed by atoms with E-state index in [1.54, 1.807) is 17.8 Å². The molecule has 0 fully saturated rings. The molecule has 0 atom stereocenters. The van der Waals surface area contributed by atoms with Gasteiger partial charge in [0.2, 0.25) is 0 Å². The van der Waals surface area contributed by atoms with E-state index in [1.165, 1.54) is 5.39 Å². The predicted octanol–water partition coefficient (Wildman–Crippen LogP) is 4.32. The second-order valence-corrected chi connectivity index (χ2v) is 5.57. The number of H-pyrrole nitrogens is 1. The number of aromatic amines is 1. The van der Waals surface area contributed by atoms with E-state index in [2.05, 4.69) is 33.2 Å². The lowest BCUT2D eigenvalue weighted by molar-refractivity contribution is 0.888. The molecule has 1 N–H and O–H groups in total. The third kappa shape index (κ3) is 2.74. The summed E-state index contributed by atoms with van der Waals surface area (Å²) in [7, 11) is 0. The third-order valence-corrected chi connectivity index (χ3v) is 3.81. The highest BCUT2D eigenvalue weighted by Gasteiger charge is 2.06. The molecule has 3 aromatic rings. The molecule has 0 saturated heterocycles. The molecule has 0 aliphatic heterocycles. The van der Waals surface area contributed by atoms with Crippen molar-refractivity contribution in [3.8, 4) is 0 Å². The Hall–Kier alpha value is -1.52. The average molecular weight is 290 g/mol. The van der Waals surface area contributed by atoms with E-state index in [1.807, 2.05) is 19.1 Å². The van der Waals surface area contributed by atoms with Gasteiger partial charge in [-0.25, -0.2) is 9.97 Å². The van der Waals surface area contributed by atoms with Gasteiger partial charge in [0.05, 0.1) is 5.03 Å². The summed E-state index contributed by atoms with van der Waals surface area (Å²) in [6.45, 7) is 2.02. The molecule has 3 nitrogen and oxygen atoms in total. The Morgan fingerprint density at radius 3 is 2.84 bits per heavy atom. The highest BCUT2D eigenvalue weighted by molar-refractivity contribution is 7.99. The molecule has 2 aromatic heterocycles. The summed E-state index contributed by atoms with van der Waals surface area (Å²) in [6, 6.07) is 12.1. The second kappa shape index (κ2) is 5.23. The van der Waals surface area contributed by atoms with E-state index < -0.39 is 0 Å². The van der Waals surface area contributed by atoms with Crippen LogP contribution in [0.5, 0.6) is 0 Å². The van der Waals surface area contributed by atoms with Crippen LogP contribution < -0.4 is 0 Å². The van der Waals surface area contributed by atoms with Crippen molar-refractivity contribution in [3.63, 3.8) is 0 Å². The first-order valence-electron chi connectivity index (χ1n) is 6.03. The minimum absolute atomic E-state index is 0.491. The van der Waals surface area contributed by atoms with E-state index >= 15 is 0 Å². The normalized spacial score (nSPS) is 11.1. The van der Waals surface area contributed by atoms with Gasteiger partial charge in [-0.2, -0.15) is 0 Å². The highest BCUT2D eigenvalue weighted by Crippen LogP contribution is 2.29. The fourth-order valence-electron chi connectivity index (χ4n) is 1.87. The van der Waals surface area contributed by atoms with Gasteiger partial charge in [0, 0.05) is 23.4 Å². The van der Waals surface area contributed by atoms with Gasteiger partial charge >= 0.3 is 0 Å². The molecule has 3 rings (SSSR count). The zero-order valence-corrected chi connectivity index (χ0v) is 11.9. The number of nitrogens with one attached hydrogen (secondary N) is 1. The monoisotopic (exact) mass is 289 g/mol. The summed E-state index contributed by atoms with van der Waals surface area (Å²) in [5.74, 6) is 0.770. The molecule has 2 heterocycles. The molecule has 0 aliphatic carbocycles. The predicted molar refractivity (Wildman–Crippen MR) is 78.8 cm³/mol. The Balaban J connectivity index is 1.94. The van der Waals surface area contributed by atoms with Crippen LogP contribution in [0.15, 0.2) is 46.5 Å². The molecule has 0 spiro atoms. The standard InChI is InChI=1S/C14H12ClN3S/c1-2-12-17-11(15)8-14(18-12)19-13-7-9-5-3-4-6-10(9)16-13/h3-8,16H,2H2,1H3. The van der Waals surface area contributed by atoms with Crippen LogP contribution in [0.4, 0.5) is 0 Å². The molecular formula is C14H12ClN3S. The number of para-hydroxylation sites is 1. The summed E-state index contributed by atoms with van der Waals surface area (Å²) in [4.78, 5) is 12.0. The zero-order chi connectivity index (χ0) is 13.2. The maximum Gasteiger partial charge on any atom is 0.133 e. The number of hydrogen-bond donors (Lipinski definition) is 1. The lowest BCUT2D eigenvalue weighted by Gasteiger charge is -2.01. The van der Waals surface area contributed by atoms with E-state index in [-0.39, 0.29) is 0 Å².